The Bertz CT molecular complexity index is 539. The summed E-state index contributed by atoms with van der Waals surface area (Å²) in [5.74, 6) is 0.960. The topological polar surface area (TPSA) is 124 Å². The van der Waals surface area contributed by atoms with Crippen molar-refractivity contribution >= 4 is 23.2 Å². The number of pyridine rings is 1. The number of carbonyl (C=O) groups excluding carboxylic acids is 1. The van der Waals surface area contributed by atoms with E-state index in [1.165, 1.54) is 6.92 Å². The third-order valence-corrected chi connectivity index (χ3v) is 3.69. The number of hydrogen-bond acceptors (Lipinski definition) is 7. The maximum Gasteiger partial charge on any atom is 0.216 e. The molecule has 0 spiro atoms. The van der Waals surface area contributed by atoms with Crippen LogP contribution in [0.25, 0.3) is 0 Å². The average Bonchev–Trinajstić information content (AvgIpc) is 2.88. The number of rotatable bonds is 6. The lowest BCUT2D eigenvalue weighted by atomic mass is 10.1. The van der Waals surface area contributed by atoms with E-state index in [9.17, 15) is 15.0 Å². The molecule has 1 aliphatic rings. The maximum absolute atomic E-state index is 10.8. The standard InChI is InChI=1S/C14H23N5O3/c1-10(21)16-6-7-17-13-11(15)3-4-12(18-13)19-8-2-5-14(19,22)9-20/h3-4,20,22H,2,5-9,15H2,1H3,(H,16,21)(H,17,18). The molecule has 1 saturated heterocycles. The highest BCUT2D eigenvalue weighted by Crippen LogP contribution is 2.32. The lowest BCUT2D eigenvalue weighted by Crippen LogP contribution is -2.47. The summed E-state index contributed by atoms with van der Waals surface area (Å²) in [7, 11) is 0. The van der Waals surface area contributed by atoms with E-state index in [1.807, 2.05) is 0 Å². The molecule has 1 atom stereocenters. The van der Waals surface area contributed by atoms with Gasteiger partial charge in [0.05, 0.1) is 12.3 Å². The first-order chi connectivity index (χ1) is 10.5. The minimum absolute atomic E-state index is 0.0958. The van der Waals surface area contributed by atoms with Crippen LogP contribution in [0.2, 0.25) is 0 Å². The van der Waals surface area contributed by atoms with E-state index in [2.05, 4.69) is 15.6 Å². The van der Waals surface area contributed by atoms with Gasteiger partial charge in [-0.05, 0) is 25.0 Å². The predicted molar refractivity (Wildman–Crippen MR) is 84.4 cm³/mol. The molecule has 0 radical (unpaired) electrons. The quantitative estimate of drug-likeness (QED) is 0.448. The molecule has 0 aliphatic carbocycles. The first kappa shape index (κ1) is 16.3. The van der Waals surface area contributed by atoms with Gasteiger partial charge < -0.3 is 31.5 Å². The fourth-order valence-corrected chi connectivity index (χ4v) is 2.53. The largest absolute Gasteiger partial charge is 0.396 e. The van der Waals surface area contributed by atoms with Crippen LogP contribution in [0.3, 0.4) is 0 Å². The van der Waals surface area contributed by atoms with Gasteiger partial charge in [-0.15, -0.1) is 0 Å². The van der Waals surface area contributed by atoms with Gasteiger partial charge >= 0.3 is 0 Å². The normalized spacial score (nSPS) is 21.0. The molecule has 1 fully saturated rings. The molecule has 1 aromatic heterocycles. The van der Waals surface area contributed by atoms with E-state index in [0.29, 0.717) is 43.4 Å². The highest BCUT2D eigenvalue weighted by molar-refractivity contribution is 5.72. The van der Waals surface area contributed by atoms with Crippen molar-refractivity contribution in [2.45, 2.75) is 25.5 Å². The van der Waals surface area contributed by atoms with Crippen LogP contribution in [0.4, 0.5) is 17.3 Å². The zero-order valence-corrected chi connectivity index (χ0v) is 12.7. The summed E-state index contributed by atoms with van der Waals surface area (Å²) in [5.41, 5.74) is 5.10. The number of hydrogen-bond donors (Lipinski definition) is 5. The number of aromatic nitrogens is 1. The number of carbonyl (C=O) groups is 1. The molecule has 22 heavy (non-hydrogen) atoms. The molecule has 1 aromatic rings. The van der Waals surface area contributed by atoms with Crippen molar-refractivity contribution in [1.82, 2.24) is 10.3 Å². The summed E-state index contributed by atoms with van der Waals surface area (Å²) in [4.78, 5) is 16.9. The second-order valence-electron chi connectivity index (χ2n) is 5.41. The van der Waals surface area contributed by atoms with Crippen LogP contribution < -0.4 is 21.3 Å². The molecule has 1 amide bonds. The third-order valence-electron chi connectivity index (χ3n) is 3.69. The molecule has 8 heteroatoms. The Balaban J connectivity index is 2.08. The molecule has 0 saturated carbocycles. The molecular formula is C14H23N5O3. The number of nitrogens with zero attached hydrogens (tertiary/aromatic N) is 2. The number of nitrogens with one attached hydrogen (secondary N) is 2. The van der Waals surface area contributed by atoms with Gasteiger partial charge in [0.25, 0.3) is 0 Å². The lowest BCUT2D eigenvalue weighted by molar-refractivity contribution is -0.118. The zero-order valence-electron chi connectivity index (χ0n) is 12.7. The van der Waals surface area contributed by atoms with Gasteiger partial charge in [0.15, 0.2) is 11.5 Å². The van der Waals surface area contributed by atoms with Gasteiger partial charge in [0.2, 0.25) is 5.91 Å². The van der Waals surface area contributed by atoms with Crippen molar-refractivity contribution < 1.29 is 15.0 Å². The Morgan fingerprint density at radius 1 is 1.50 bits per heavy atom. The number of amides is 1. The maximum atomic E-state index is 10.8. The molecule has 1 unspecified atom stereocenters. The molecule has 0 aromatic carbocycles. The van der Waals surface area contributed by atoms with Gasteiger partial charge in [-0.2, -0.15) is 0 Å². The smallest absolute Gasteiger partial charge is 0.216 e. The second kappa shape index (κ2) is 6.80. The summed E-state index contributed by atoms with van der Waals surface area (Å²) < 4.78 is 0. The molecule has 8 nitrogen and oxygen atoms in total. The van der Waals surface area contributed by atoms with E-state index in [1.54, 1.807) is 17.0 Å². The summed E-state index contributed by atoms with van der Waals surface area (Å²) in [6, 6.07) is 3.43. The van der Waals surface area contributed by atoms with Crippen LogP contribution in [-0.2, 0) is 4.79 Å². The Hall–Kier alpha value is -2.06. The van der Waals surface area contributed by atoms with E-state index in [0.717, 1.165) is 6.42 Å². The highest BCUT2D eigenvalue weighted by atomic mass is 16.4. The van der Waals surface area contributed by atoms with Gasteiger partial charge in [0.1, 0.15) is 5.82 Å². The van der Waals surface area contributed by atoms with E-state index in [4.69, 9.17) is 5.73 Å². The average molecular weight is 309 g/mol. The Morgan fingerprint density at radius 2 is 2.27 bits per heavy atom. The third kappa shape index (κ3) is 3.58. The molecule has 6 N–H and O–H groups in total. The second-order valence-corrected chi connectivity index (χ2v) is 5.41. The monoisotopic (exact) mass is 309 g/mol. The van der Waals surface area contributed by atoms with Crippen LogP contribution in [0, 0.1) is 0 Å². The molecule has 122 valence electrons. The Labute approximate surface area is 129 Å². The van der Waals surface area contributed by atoms with Crippen LogP contribution in [0.5, 0.6) is 0 Å². The van der Waals surface area contributed by atoms with Gasteiger partial charge in [-0.3, -0.25) is 4.79 Å². The summed E-state index contributed by atoms with van der Waals surface area (Å²) in [6.07, 6.45) is 1.29. The number of anilines is 3. The summed E-state index contributed by atoms with van der Waals surface area (Å²) in [6.45, 7) is 2.69. The first-order valence-electron chi connectivity index (χ1n) is 7.32. The van der Waals surface area contributed by atoms with Gasteiger partial charge in [-0.1, -0.05) is 0 Å². The van der Waals surface area contributed by atoms with Crippen molar-refractivity contribution in [2.24, 2.45) is 0 Å². The van der Waals surface area contributed by atoms with Crippen LogP contribution in [0.1, 0.15) is 19.8 Å². The molecule has 0 bridgehead atoms. The van der Waals surface area contributed by atoms with Crippen LogP contribution in [-0.4, -0.2) is 53.1 Å². The van der Waals surface area contributed by atoms with Crippen LogP contribution >= 0.6 is 0 Å². The van der Waals surface area contributed by atoms with E-state index in [-0.39, 0.29) is 12.5 Å². The fraction of sp³-hybridized carbons (Fsp3) is 0.571. The first-order valence-corrected chi connectivity index (χ1v) is 7.32. The van der Waals surface area contributed by atoms with Gasteiger partial charge in [-0.25, -0.2) is 4.98 Å². The number of aliphatic hydroxyl groups is 2. The highest BCUT2D eigenvalue weighted by Gasteiger charge is 2.39. The van der Waals surface area contributed by atoms with Crippen molar-refractivity contribution in [3.8, 4) is 0 Å². The van der Waals surface area contributed by atoms with Crippen molar-refractivity contribution in [3.05, 3.63) is 12.1 Å². The van der Waals surface area contributed by atoms with Crippen molar-refractivity contribution in [2.75, 3.05) is 42.2 Å². The SMILES string of the molecule is CC(=O)NCCNc1nc(N2CCCC2(O)CO)ccc1N. The lowest BCUT2D eigenvalue weighted by Gasteiger charge is -2.33. The fourth-order valence-electron chi connectivity index (χ4n) is 2.53. The van der Waals surface area contributed by atoms with Crippen LogP contribution in [0.15, 0.2) is 12.1 Å². The Kier molecular flexibility index (Phi) is 5.04. The molecule has 1 aliphatic heterocycles. The minimum atomic E-state index is -1.27. The number of aliphatic hydroxyl groups excluding tert-OH is 1. The summed E-state index contributed by atoms with van der Waals surface area (Å²) in [5, 5.41) is 25.5. The molecular weight excluding hydrogens is 286 g/mol. The zero-order chi connectivity index (χ0) is 16.2. The van der Waals surface area contributed by atoms with E-state index < -0.39 is 5.72 Å². The Morgan fingerprint density at radius 3 is 2.95 bits per heavy atom. The van der Waals surface area contributed by atoms with E-state index >= 15 is 0 Å². The number of nitrogens with two attached hydrogens (primary N) is 1. The van der Waals surface area contributed by atoms with Crippen molar-refractivity contribution in [1.29, 1.82) is 0 Å². The number of nitrogen functional groups attached to an aromatic ring is 1. The minimum Gasteiger partial charge on any atom is -0.396 e. The predicted octanol–water partition coefficient (Wildman–Crippen LogP) is -0.507. The van der Waals surface area contributed by atoms with Gasteiger partial charge in [0, 0.05) is 26.6 Å². The molecule has 2 rings (SSSR count). The molecule has 2 heterocycles. The summed E-state index contributed by atoms with van der Waals surface area (Å²) >= 11 is 0. The van der Waals surface area contributed by atoms with Crippen molar-refractivity contribution in [3.63, 3.8) is 0 Å².